The minimum atomic E-state index is -2.34. The van der Waals surface area contributed by atoms with Gasteiger partial charge in [0.25, 0.3) is 5.91 Å². The van der Waals surface area contributed by atoms with E-state index in [0.29, 0.717) is 23.3 Å². The fraction of sp³-hybridized carbons (Fsp3) is 0.179. The van der Waals surface area contributed by atoms with Gasteiger partial charge in [-0.25, -0.2) is 26.9 Å². The number of para-hydroxylation sites is 1. The van der Waals surface area contributed by atoms with E-state index in [0.717, 1.165) is 36.8 Å². The Hall–Kier alpha value is -4.66. The molecule has 2 heterocycles. The quantitative estimate of drug-likeness (QED) is 0.0629. The van der Waals surface area contributed by atoms with Crippen LogP contribution in [0.15, 0.2) is 101 Å². The van der Waals surface area contributed by atoms with Gasteiger partial charge in [0.15, 0.2) is 33.9 Å². The van der Waals surface area contributed by atoms with Crippen LogP contribution in [0.1, 0.15) is 51.4 Å². The first-order valence-corrected chi connectivity index (χ1v) is 18.0. The Kier molecular flexibility index (Phi) is 10.7. The summed E-state index contributed by atoms with van der Waals surface area (Å²) in [5, 5.41) is 11.8. The lowest BCUT2D eigenvalue weighted by Crippen LogP contribution is -2.31. The number of halogens is 5. The van der Waals surface area contributed by atoms with E-state index in [-0.39, 0.29) is 25.4 Å². The first-order chi connectivity index (χ1) is 25.2. The number of nitrogens with one attached hydrogen (secondary N) is 1. The number of fused-ring (bicyclic) bond motifs is 1. The van der Waals surface area contributed by atoms with Gasteiger partial charge in [-0.1, -0.05) is 96.7 Å². The second-order valence-electron chi connectivity index (χ2n) is 12.0. The molecule has 3 atom stereocenters. The van der Waals surface area contributed by atoms with Gasteiger partial charge in [0.1, 0.15) is 5.56 Å². The maximum Gasteiger partial charge on any atom is 0.257 e. The number of hydrogen-bond donors (Lipinski definition) is 2. The van der Waals surface area contributed by atoms with Gasteiger partial charge in [0.2, 0.25) is 5.82 Å². The number of aliphatic hydroxyl groups is 1. The van der Waals surface area contributed by atoms with Crippen molar-refractivity contribution < 1.29 is 41.3 Å². The second kappa shape index (κ2) is 15.5. The molecule has 5 aromatic carbocycles. The summed E-state index contributed by atoms with van der Waals surface area (Å²) in [7, 11) is 0. The molecule has 3 unspecified atom stereocenters. The Bertz CT molecular complexity index is 2170. The number of aliphatic hydroxyl groups excluding tert-OH is 1. The Morgan fingerprint density at radius 1 is 0.808 bits per heavy atom. The van der Waals surface area contributed by atoms with Crippen LogP contribution in [0.4, 0.5) is 22.0 Å². The highest BCUT2D eigenvalue weighted by Crippen LogP contribution is 2.41. The van der Waals surface area contributed by atoms with Gasteiger partial charge in [-0.15, -0.1) is 11.3 Å². The standard InChI is InChI=1S/C39H29F5N2O4S2/c40-32-31(33(41)35(43)36(44)34(32)42)37(48)45-18-25-5-1-2-6-27(25)22-13-15-24(16-14-22)38-49-26(17-29(50-38)23-11-9-21(19-47)10-12-23)20-51-39-46-28-7-3-4-8-30(28)52-39/h1-16,26,29,38,47H,17-20H2,(H,45,48). The van der Waals surface area contributed by atoms with Crippen molar-refractivity contribution in [3.8, 4) is 11.1 Å². The molecule has 1 aliphatic heterocycles. The van der Waals surface area contributed by atoms with E-state index in [1.165, 1.54) is 0 Å². The van der Waals surface area contributed by atoms with Gasteiger partial charge in [-0.2, -0.15) is 0 Å². The summed E-state index contributed by atoms with van der Waals surface area (Å²) in [4.78, 5) is 17.4. The average molecular weight is 749 g/mol. The van der Waals surface area contributed by atoms with Crippen molar-refractivity contribution in [2.24, 2.45) is 0 Å². The van der Waals surface area contributed by atoms with E-state index >= 15 is 0 Å². The zero-order valence-corrected chi connectivity index (χ0v) is 28.8. The monoisotopic (exact) mass is 748 g/mol. The van der Waals surface area contributed by atoms with Gasteiger partial charge < -0.3 is 19.9 Å². The minimum absolute atomic E-state index is 0.0634. The summed E-state index contributed by atoms with van der Waals surface area (Å²) >= 11 is 3.26. The van der Waals surface area contributed by atoms with Crippen molar-refractivity contribution in [2.45, 2.75) is 42.4 Å². The van der Waals surface area contributed by atoms with Gasteiger partial charge in [-0.05, 0) is 39.9 Å². The molecular formula is C39H29F5N2O4S2. The van der Waals surface area contributed by atoms with Crippen LogP contribution < -0.4 is 5.32 Å². The lowest BCUT2D eigenvalue weighted by molar-refractivity contribution is -0.245. The number of ether oxygens (including phenoxy) is 2. The lowest BCUT2D eigenvalue weighted by atomic mass is 9.97. The third-order valence-electron chi connectivity index (χ3n) is 8.67. The number of carbonyl (C=O) groups is 1. The summed E-state index contributed by atoms with van der Waals surface area (Å²) in [5.41, 5.74) is 3.85. The van der Waals surface area contributed by atoms with Crippen LogP contribution in [0.3, 0.4) is 0 Å². The van der Waals surface area contributed by atoms with E-state index in [9.17, 15) is 31.9 Å². The maximum atomic E-state index is 14.2. The molecule has 13 heteroatoms. The zero-order valence-electron chi connectivity index (χ0n) is 27.1. The molecule has 266 valence electrons. The third-order valence-corrected chi connectivity index (χ3v) is 11.0. The van der Waals surface area contributed by atoms with E-state index in [1.54, 1.807) is 47.4 Å². The first kappa shape index (κ1) is 35.7. The van der Waals surface area contributed by atoms with E-state index in [2.05, 4.69) is 5.32 Å². The summed E-state index contributed by atoms with van der Waals surface area (Å²) in [6, 6.07) is 29.9. The second-order valence-corrected chi connectivity index (χ2v) is 14.3. The number of nitrogens with zero attached hydrogens (tertiary/aromatic N) is 1. The molecule has 6 nitrogen and oxygen atoms in total. The summed E-state index contributed by atoms with van der Waals surface area (Å²) in [6.45, 7) is -0.317. The molecule has 0 bridgehead atoms. The number of thiazole rings is 1. The number of aromatic nitrogens is 1. The van der Waals surface area contributed by atoms with Crippen molar-refractivity contribution in [1.29, 1.82) is 0 Å². The molecule has 52 heavy (non-hydrogen) atoms. The average Bonchev–Trinajstić information content (AvgIpc) is 3.61. The predicted molar refractivity (Wildman–Crippen MR) is 188 cm³/mol. The lowest BCUT2D eigenvalue weighted by Gasteiger charge is -2.36. The molecule has 0 radical (unpaired) electrons. The Morgan fingerprint density at radius 2 is 1.46 bits per heavy atom. The van der Waals surface area contributed by atoms with Crippen LogP contribution in [-0.4, -0.2) is 27.9 Å². The molecule has 0 spiro atoms. The van der Waals surface area contributed by atoms with Crippen molar-refractivity contribution in [3.63, 3.8) is 0 Å². The minimum Gasteiger partial charge on any atom is -0.392 e. The van der Waals surface area contributed by atoms with Gasteiger partial charge >= 0.3 is 0 Å². The van der Waals surface area contributed by atoms with Gasteiger partial charge in [0.05, 0.1) is 29.0 Å². The van der Waals surface area contributed by atoms with Crippen molar-refractivity contribution >= 4 is 39.2 Å². The molecule has 7 rings (SSSR count). The van der Waals surface area contributed by atoms with Crippen LogP contribution in [-0.2, 0) is 22.6 Å². The third kappa shape index (κ3) is 7.46. The molecule has 0 saturated carbocycles. The molecular weight excluding hydrogens is 720 g/mol. The molecule has 1 aliphatic rings. The zero-order chi connectivity index (χ0) is 36.4. The normalized spacial score (nSPS) is 17.4. The summed E-state index contributed by atoms with van der Waals surface area (Å²) < 4.78 is 84.4. The van der Waals surface area contributed by atoms with Gasteiger partial charge in [0, 0.05) is 24.3 Å². The molecule has 1 aromatic heterocycles. The fourth-order valence-electron chi connectivity index (χ4n) is 5.94. The number of benzene rings is 5. The molecule has 6 aromatic rings. The molecule has 1 fully saturated rings. The predicted octanol–water partition coefficient (Wildman–Crippen LogP) is 9.42. The molecule has 1 saturated heterocycles. The van der Waals surface area contributed by atoms with Crippen LogP contribution in [0.5, 0.6) is 0 Å². The van der Waals surface area contributed by atoms with Crippen LogP contribution >= 0.6 is 23.1 Å². The summed E-state index contributed by atoms with van der Waals surface area (Å²) in [5.74, 6) is -11.9. The number of hydrogen-bond acceptors (Lipinski definition) is 7. The van der Waals surface area contributed by atoms with Crippen LogP contribution in [0, 0.1) is 29.1 Å². The smallest absolute Gasteiger partial charge is 0.257 e. The van der Waals surface area contributed by atoms with Crippen molar-refractivity contribution in [2.75, 3.05) is 5.75 Å². The topological polar surface area (TPSA) is 80.7 Å². The largest absolute Gasteiger partial charge is 0.392 e. The van der Waals surface area contributed by atoms with Crippen molar-refractivity contribution in [3.05, 3.63) is 154 Å². The van der Waals surface area contributed by atoms with Crippen molar-refractivity contribution in [1.82, 2.24) is 10.3 Å². The highest BCUT2D eigenvalue weighted by atomic mass is 32.2. The highest BCUT2D eigenvalue weighted by Gasteiger charge is 2.33. The van der Waals surface area contributed by atoms with Crippen LogP contribution in [0.2, 0.25) is 0 Å². The first-order valence-electron chi connectivity index (χ1n) is 16.2. The SMILES string of the molecule is O=C(NCc1ccccc1-c1ccc(C2OC(CSc3nc4ccccc4s3)CC(c3ccc(CO)cc3)O2)cc1)c1c(F)c(F)c(F)c(F)c1F. The fourth-order valence-corrected chi connectivity index (χ4v) is 8.06. The maximum absolute atomic E-state index is 14.2. The number of carbonyl (C=O) groups excluding carboxylic acids is 1. The molecule has 1 amide bonds. The molecule has 2 N–H and O–H groups in total. The number of rotatable bonds is 10. The Balaban J connectivity index is 1.09. The van der Waals surface area contributed by atoms with Crippen LogP contribution in [0.25, 0.3) is 21.3 Å². The Morgan fingerprint density at radius 3 is 2.17 bits per heavy atom. The van der Waals surface area contributed by atoms with E-state index in [1.807, 2.05) is 72.8 Å². The molecule has 0 aliphatic carbocycles. The van der Waals surface area contributed by atoms with Gasteiger partial charge in [-0.3, -0.25) is 4.79 Å². The number of thioether (sulfide) groups is 1. The van der Waals surface area contributed by atoms with E-state index in [4.69, 9.17) is 14.5 Å². The number of amides is 1. The highest BCUT2D eigenvalue weighted by molar-refractivity contribution is 8.01. The Labute approximate surface area is 303 Å². The van der Waals surface area contributed by atoms with E-state index < -0.39 is 46.8 Å². The summed E-state index contributed by atoms with van der Waals surface area (Å²) in [6.07, 6.45) is -0.564.